The topological polar surface area (TPSA) is 94.5 Å². The van der Waals surface area contributed by atoms with Crippen molar-refractivity contribution >= 4 is 22.8 Å². The normalized spacial score (nSPS) is 10.6. The van der Waals surface area contributed by atoms with E-state index in [1.165, 1.54) is 25.3 Å². The number of methoxy groups -OCH3 is 2. The third-order valence-electron chi connectivity index (χ3n) is 4.78. The van der Waals surface area contributed by atoms with Crippen LogP contribution < -0.4 is 20.3 Å². The lowest BCUT2D eigenvalue weighted by molar-refractivity contribution is -0.122. The average molecular weight is 396 g/mol. The highest BCUT2D eigenvalue weighted by Crippen LogP contribution is 2.27. The molecule has 0 saturated heterocycles. The highest BCUT2D eigenvalue weighted by Gasteiger charge is 2.12. The van der Waals surface area contributed by atoms with E-state index < -0.39 is 5.91 Å². The van der Waals surface area contributed by atoms with Crippen LogP contribution in [0, 0.1) is 13.8 Å². The lowest BCUT2D eigenvalue weighted by Crippen LogP contribution is -2.41. The third-order valence-corrected chi connectivity index (χ3v) is 4.78. The monoisotopic (exact) mass is 396 g/mol. The molecule has 0 aliphatic carbocycles. The number of aryl methyl sites for hydroxylation is 3. The van der Waals surface area contributed by atoms with Crippen molar-refractivity contribution in [2.75, 3.05) is 14.2 Å². The fraction of sp³-hybridized carbons (Fsp3) is 0.286. The van der Waals surface area contributed by atoms with E-state index in [0.717, 1.165) is 11.0 Å². The molecule has 2 N–H and O–H groups in total. The maximum atomic E-state index is 12.3. The molecule has 0 atom stereocenters. The molecule has 3 rings (SSSR count). The van der Waals surface area contributed by atoms with Gasteiger partial charge in [-0.15, -0.1) is 0 Å². The minimum absolute atomic E-state index is 0.199. The van der Waals surface area contributed by atoms with Crippen LogP contribution in [-0.2, 0) is 11.3 Å². The Labute approximate surface area is 168 Å². The van der Waals surface area contributed by atoms with E-state index >= 15 is 0 Å². The van der Waals surface area contributed by atoms with Crippen molar-refractivity contribution < 1.29 is 19.1 Å². The standard InChI is InChI=1S/C21H24N4O4/c1-13-9-16-17(10-14(13)2)25(12-22-16)8-7-20(26)23-24-21(27)15-5-6-18(28-3)19(11-15)29-4/h5-6,9-12H,7-8H2,1-4H3,(H,23,26)(H,24,27). The molecule has 8 heteroatoms. The number of hydrogen-bond acceptors (Lipinski definition) is 5. The third kappa shape index (κ3) is 4.48. The molecule has 0 saturated carbocycles. The van der Waals surface area contributed by atoms with Crippen LogP contribution >= 0.6 is 0 Å². The van der Waals surface area contributed by atoms with Crippen LogP contribution in [0.2, 0.25) is 0 Å². The van der Waals surface area contributed by atoms with E-state index in [2.05, 4.69) is 21.9 Å². The van der Waals surface area contributed by atoms with E-state index in [-0.39, 0.29) is 12.3 Å². The van der Waals surface area contributed by atoms with E-state index in [0.29, 0.717) is 23.6 Å². The van der Waals surface area contributed by atoms with Crippen LogP contribution in [0.25, 0.3) is 11.0 Å². The number of amides is 2. The number of fused-ring (bicyclic) bond motifs is 1. The van der Waals surface area contributed by atoms with Crippen LogP contribution in [0.5, 0.6) is 11.5 Å². The maximum absolute atomic E-state index is 12.3. The number of aromatic nitrogens is 2. The van der Waals surface area contributed by atoms with Crippen molar-refractivity contribution in [2.24, 2.45) is 0 Å². The van der Waals surface area contributed by atoms with E-state index in [1.807, 2.05) is 24.5 Å². The minimum Gasteiger partial charge on any atom is -0.493 e. The van der Waals surface area contributed by atoms with Gasteiger partial charge >= 0.3 is 0 Å². The number of rotatable bonds is 6. The number of carbonyl (C=O) groups excluding carboxylic acids is 2. The molecule has 0 aliphatic rings. The van der Waals surface area contributed by atoms with E-state index in [9.17, 15) is 9.59 Å². The first-order valence-electron chi connectivity index (χ1n) is 9.16. The van der Waals surface area contributed by atoms with Crippen LogP contribution in [0.15, 0.2) is 36.7 Å². The summed E-state index contributed by atoms with van der Waals surface area (Å²) in [5.74, 6) is 0.207. The molecule has 8 nitrogen and oxygen atoms in total. The number of imidazole rings is 1. The first-order valence-corrected chi connectivity index (χ1v) is 9.16. The molecule has 0 aliphatic heterocycles. The van der Waals surface area contributed by atoms with Gasteiger partial charge in [0, 0.05) is 18.5 Å². The van der Waals surface area contributed by atoms with Crippen LogP contribution in [0.3, 0.4) is 0 Å². The highest BCUT2D eigenvalue weighted by atomic mass is 16.5. The largest absolute Gasteiger partial charge is 0.493 e. The number of hydrogen-bond donors (Lipinski definition) is 2. The predicted octanol–water partition coefficient (Wildman–Crippen LogP) is 2.52. The molecule has 1 aromatic heterocycles. The summed E-state index contributed by atoms with van der Waals surface area (Å²) in [6, 6.07) is 8.86. The number of carbonyl (C=O) groups is 2. The number of hydrazine groups is 1. The molecule has 0 unspecified atom stereocenters. The van der Waals surface area contributed by atoms with Gasteiger partial charge in [0.1, 0.15) is 0 Å². The Kier molecular flexibility index (Phi) is 6.01. The van der Waals surface area contributed by atoms with Gasteiger partial charge in [-0.3, -0.25) is 20.4 Å². The summed E-state index contributed by atoms with van der Waals surface area (Å²) in [7, 11) is 3.01. The lowest BCUT2D eigenvalue weighted by Gasteiger charge is -2.11. The van der Waals surface area contributed by atoms with Gasteiger partial charge < -0.3 is 14.0 Å². The summed E-state index contributed by atoms with van der Waals surface area (Å²) in [5.41, 5.74) is 9.42. The van der Waals surface area contributed by atoms with Crippen LogP contribution in [0.4, 0.5) is 0 Å². The van der Waals surface area contributed by atoms with Gasteiger partial charge in [-0.1, -0.05) is 0 Å². The molecule has 1 heterocycles. The molecule has 0 fully saturated rings. The average Bonchev–Trinajstić information content (AvgIpc) is 3.11. The first kappa shape index (κ1) is 20.2. The zero-order chi connectivity index (χ0) is 21.0. The van der Waals surface area contributed by atoms with Crippen molar-refractivity contribution in [1.29, 1.82) is 0 Å². The molecule has 2 aromatic carbocycles. The fourth-order valence-corrected chi connectivity index (χ4v) is 2.95. The first-order chi connectivity index (χ1) is 13.9. The van der Waals surface area contributed by atoms with Crippen molar-refractivity contribution in [1.82, 2.24) is 20.4 Å². The second kappa shape index (κ2) is 8.64. The SMILES string of the molecule is COc1ccc(C(=O)NNC(=O)CCn2cnc3cc(C)c(C)cc32)cc1OC. The summed E-state index contributed by atoms with van der Waals surface area (Å²) in [5, 5.41) is 0. The Morgan fingerprint density at radius 2 is 1.72 bits per heavy atom. The van der Waals surface area contributed by atoms with E-state index in [4.69, 9.17) is 9.47 Å². The Morgan fingerprint density at radius 3 is 2.45 bits per heavy atom. The highest BCUT2D eigenvalue weighted by molar-refractivity contribution is 5.96. The minimum atomic E-state index is -0.446. The second-order valence-electron chi connectivity index (χ2n) is 6.69. The molecule has 0 spiro atoms. The van der Waals surface area contributed by atoms with Gasteiger partial charge in [0.25, 0.3) is 5.91 Å². The number of nitrogens with zero attached hydrogens (tertiary/aromatic N) is 2. The van der Waals surface area contributed by atoms with Crippen LogP contribution in [-0.4, -0.2) is 35.6 Å². The number of ether oxygens (including phenoxy) is 2. The molecular weight excluding hydrogens is 372 g/mol. The molecule has 2 amide bonds. The van der Waals surface area contributed by atoms with Gasteiger partial charge in [-0.05, 0) is 55.3 Å². The van der Waals surface area contributed by atoms with Gasteiger partial charge in [0.15, 0.2) is 11.5 Å². The van der Waals surface area contributed by atoms with Gasteiger partial charge in [-0.2, -0.15) is 0 Å². The number of benzene rings is 2. The fourth-order valence-electron chi connectivity index (χ4n) is 2.95. The smallest absolute Gasteiger partial charge is 0.269 e. The summed E-state index contributed by atoms with van der Waals surface area (Å²) in [4.78, 5) is 28.8. The number of nitrogens with one attached hydrogen (secondary N) is 2. The summed E-state index contributed by atoms with van der Waals surface area (Å²) in [6.07, 6.45) is 1.92. The maximum Gasteiger partial charge on any atom is 0.269 e. The summed E-state index contributed by atoms with van der Waals surface area (Å²) >= 11 is 0. The quantitative estimate of drug-likeness (QED) is 0.625. The van der Waals surface area contributed by atoms with Crippen molar-refractivity contribution in [3.05, 3.63) is 53.3 Å². The van der Waals surface area contributed by atoms with Gasteiger partial charge in [0.2, 0.25) is 5.91 Å². The molecule has 0 radical (unpaired) electrons. The molecule has 3 aromatic rings. The van der Waals surface area contributed by atoms with E-state index in [1.54, 1.807) is 24.5 Å². The zero-order valence-electron chi connectivity index (χ0n) is 16.9. The Hall–Kier alpha value is -3.55. The predicted molar refractivity (Wildman–Crippen MR) is 109 cm³/mol. The van der Waals surface area contributed by atoms with Crippen molar-refractivity contribution in [3.8, 4) is 11.5 Å². The molecule has 0 bridgehead atoms. The lowest BCUT2D eigenvalue weighted by atomic mass is 10.1. The second-order valence-corrected chi connectivity index (χ2v) is 6.69. The molecular formula is C21H24N4O4. The van der Waals surface area contributed by atoms with Crippen molar-refractivity contribution in [2.45, 2.75) is 26.8 Å². The van der Waals surface area contributed by atoms with Crippen molar-refractivity contribution in [3.63, 3.8) is 0 Å². The summed E-state index contributed by atoms with van der Waals surface area (Å²) < 4.78 is 12.3. The van der Waals surface area contributed by atoms with Gasteiger partial charge in [0.05, 0.1) is 31.6 Å². The molecule has 152 valence electrons. The van der Waals surface area contributed by atoms with Crippen LogP contribution in [0.1, 0.15) is 27.9 Å². The molecule has 29 heavy (non-hydrogen) atoms. The Bertz CT molecular complexity index is 1060. The van der Waals surface area contributed by atoms with Gasteiger partial charge in [-0.25, -0.2) is 4.98 Å². The Balaban J connectivity index is 1.56. The zero-order valence-corrected chi connectivity index (χ0v) is 16.9. The Morgan fingerprint density at radius 1 is 1.00 bits per heavy atom. The summed E-state index contributed by atoms with van der Waals surface area (Å²) in [6.45, 7) is 4.54.